The molecule has 4 aliphatic rings. The summed E-state index contributed by atoms with van der Waals surface area (Å²) in [6.07, 6.45) is 7.23. The number of para-hydroxylation sites is 2. The standard InChI is InChI=1S/C24H33NO5/c1-3-8-28-20-6-4-5-7-21(20)29-15-22(26)30-16(2)23(27)25-24-12-17-9-18(13-24)11-19(10-17)14-24/h4-7,16-19H,3,8-15H2,1-2H3,(H,25,27)/t16-,17?,18?,19?,24?/m0/s1. The highest BCUT2D eigenvalue weighted by molar-refractivity contribution is 5.84. The first-order valence-corrected chi connectivity index (χ1v) is 11.3. The third-order valence-electron chi connectivity index (χ3n) is 6.76. The smallest absolute Gasteiger partial charge is 0.344 e. The van der Waals surface area contributed by atoms with Crippen molar-refractivity contribution in [2.75, 3.05) is 13.2 Å². The van der Waals surface area contributed by atoms with E-state index in [1.54, 1.807) is 19.1 Å². The van der Waals surface area contributed by atoms with Gasteiger partial charge >= 0.3 is 5.97 Å². The van der Waals surface area contributed by atoms with Crippen LogP contribution in [0.1, 0.15) is 58.8 Å². The molecule has 0 spiro atoms. The van der Waals surface area contributed by atoms with E-state index >= 15 is 0 Å². The van der Waals surface area contributed by atoms with Crippen LogP contribution in [0, 0.1) is 17.8 Å². The second kappa shape index (κ2) is 8.86. The predicted octanol–water partition coefficient (Wildman–Crippen LogP) is 3.87. The number of ether oxygens (including phenoxy) is 3. The first-order chi connectivity index (χ1) is 14.5. The Morgan fingerprint density at radius 2 is 1.60 bits per heavy atom. The summed E-state index contributed by atoms with van der Waals surface area (Å²) in [5.74, 6) is 2.58. The summed E-state index contributed by atoms with van der Waals surface area (Å²) >= 11 is 0. The first-order valence-electron chi connectivity index (χ1n) is 11.3. The van der Waals surface area contributed by atoms with Gasteiger partial charge in [0.15, 0.2) is 24.2 Å². The number of benzene rings is 1. The minimum atomic E-state index is -0.833. The van der Waals surface area contributed by atoms with Crippen LogP contribution in [-0.2, 0) is 14.3 Å². The van der Waals surface area contributed by atoms with Crippen LogP contribution in [0.2, 0.25) is 0 Å². The van der Waals surface area contributed by atoms with Gasteiger partial charge in [0, 0.05) is 5.54 Å². The van der Waals surface area contributed by atoms with E-state index in [0.717, 1.165) is 43.4 Å². The van der Waals surface area contributed by atoms with Crippen molar-refractivity contribution in [3.05, 3.63) is 24.3 Å². The van der Waals surface area contributed by atoms with Crippen LogP contribution in [0.25, 0.3) is 0 Å². The minimum Gasteiger partial charge on any atom is -0.490 e. The Balaban J connectivity index is 1.26. The zero-order chi connectivity index (χ0) is 21.1. The maximum Gasteiger partial charge on any atom is 0.344 e. The van der Waals surface area contributed by atoms with Gasteiger partial charge in [-0.25, -0.2) is 4.79 Å². The van der Waals surface area contributed by atoms with Crippen LogP contribution in [-0.4, -0.2) is 36.7 Å². The lowest BCUT2D eigenvalue weighted by Gasteiger charge is -2.57. The lowest BCUT2D eigenvalue weighted by atomic mass is 9.53. The highest BCUT2D eigenvalue weighted by atomic mass is 16.6. The number of carbonyl (C=O) groups is 2. The van der Waals surface area contributed by atoms with E-state index in [2.05, 4.69) is 5.32 Å². The molecular weight excluding hydrogens is 382 g/mol. The Hall–Kier alpha value is -2.24. The molecule has 5 rings (SSSR count). The van der Waals surface area contributed by atoms with E-state index in [4.69, 9.17) is 14.2 Å². The molecule has 0 unspecified atom stereocenters. The Bertz CT molecular complexity index is 741. The predicted molar refractivity (Wildman–Crippen MR) is 112 cm³/mol. The quantitative estimate of drug-likeness (QED) is 0.620. The van der Waals surface area contributed by atoms with Gasteiger partial charge < -0.3 is 19.5 Å². The van der Waals surface area contributed by atoms with E-state index in [-0.39, 0.29) is 18.1 Å². The summed E-state index contributed by atoms with van der Waals surface area (Å²) in [5, 5.41) is 3.26. The average molecular weight is 416 g/mol. The number of hydrogen-bond donors (Lipinski definition) is 1. The average Bonchev–Trinajstić information content (AvgIpc) is 2.70. The van der Waals surface area contributed by atoms with Crippen molar-refractivity contribution < 1.29 is 23.8 Å². The van der Waals surface area contributed by atoms with Crippen molar-refractivity contribution >= 4 is 11.9 Å². The Morgan fingerprint density at radius 3 is 2.17 bits per heavy atom. The lowest BCUT2D eigenvalue weighted by Crippen LogP contribution is -2.61. The Labute approximate surface area is 178 Å². The number of esters is 1. The van der Waals surface area contributed by atoms with Crippen LogP contribution in [0.15, 0.2) is 24.3 Å². The van der Waals surface area contributed by atoms with Gasteiger partial charge in [-0.15, -0.1) is 0 Å². The summed E-state index contributed by atoms with van der Waals surface area (Å²) < 4.78 is 16.6. The van der Waals surface area contributed by atoms with E-state index in [0.29, 0.717) is 18.1 Å². The highest BCUT2D eigenvalue weighted by Crippen LogP contribution is 2.55. The fourth-order valence-corrected chi connectivity index (χ4v) is 5.95. The van der Waals surface area contributed by atoms with E-state index < -0.39 is 12.1 Å². The molecule has 164 valence electrons. The fourth-order valence-electron chi connectivity index (χ4n) is 5.95. The summed E-state index contributed by atoms with van der Waals surface area (Å²) in [5.41, 5.74) is -0.0848. The highest BCUT2D eigenvalue weighted by Gasteiger charge is 2.51. The zero-order valence-corrected chi connectivity index (χ0v) is 18.0. The summed E-state index contributed by atoms with van der Waals surface area (Å²) in [7, 11) is 0. The van der Waals surface area contributed by atoms with E-state index in [1.807, 2.05) is 19.1 Å². The minimum absolute atomic E-state index is 0.0848. The summed E-state index contributed by atoms with van der Waals surface area (Å²) in [6, 6.07) is 7.23. The van der Waals surface area contributed by atoms with Gasteiger partial charge in [0.1, 0.15) is 0 Å². The number of carbonyl (C=O) groups excluding carboxylic acids is 2. The van der Waals surface area contributed by atoms with Crippen molar-refractivity contribution in [1.29, 1.82) is 0 Å². The van der Waals surface area contributed by atoms with Crippen molar-refractivity contribution in [2.24, 2.45) is 17.8 Å². The first kappa shape index (κ1) is 21.0. The van der Waals surface area contributed by atoms with Crippen LogP contribution < -0.4 is 14.8 Å². The molecule has 0 heterocycles. The van der Waals surface area contributed by atoms with Crippen LogP contribution >= 0.6 is 0 Å². The Kier molecular flexibility index (Phi) is 6.21. The van der Waals surface area contributed by atoms with Crippen molar-refractivity contribution in [3.63, 3.8) is 0 Å². The van der Waals surface area contributed by atoms with Gasteiger partial charge in [-0.2, -0.15) is 0 Å². The van der Waals surface area contributed by atoms with Crippen LogP contribution in [0.3, 0.4) is 0 Å². The van der Waals surface area contributed by atoms with Gasteiger partial charge in [-0.1, -0.05) is 19.1 Å². The van der Waals surface area contributed by atoms with Gasteiger partial charge in [0.25, 0.3) is 5.91 Å². The second-order valence-electron chi connectivity index (χ2n) is 9.40. The third-order valence-corrected chi connectivity index (χ3v) is 6.76. The van der Waals surface area contributed by atoms with E-state index in [9.17, 15) is 9.59 Å². The topological polar surface area (TPSA) is 73.9 Å². The fraction of sp³-hybridized carbons (Fsp3) is 0.667. The van der Waals surface area contributed by atoms with Crippen molar-refractivity contribution in [3.8, 4) is 11.5 Å². The molecule has 1 amide bonds. The van der Waals surface area contributed by atoms with Crippen LogP contribution in [0.4, 0.5) is 0 Å². The maximum absolute atomic E-state index is 12.8. The third kappa shape index (κ3) is 4.73. The number of rotatable bonds is 9. The van der Waals surface area contributed by atoms with Crippen molar-refractivity contribution in [1.82, 2.24) is 5.32 Å². The van der Waals surface area contributed by atoms with Gasteiger partial charge in [-0.05, 0) is 81.8 Å². The molecule has 0 aliphatic heterocycles. The molecule has 6 nitrogen and oxygen atoms in total. The van der Waals surface area contributed by atoms with Crippen LogP contribution in [0.5, 0.6) is 11.5 Å². The molecule has 30 heavy (non-hydrogen) atoms. The largest absolute Gasteiger partial charge is 0.490 e. The molecule has 1 aromatic rings. The molecule has 0 aromatic heterocycles. The molecule has 0 saturated heterocycles. The molecule has 1 N–H and O–H groups in total. The number of amides is 1. The van der Waals surface area contributed by atoms with Crippen molar-refractivity contribution in [2.45, 2.75) is 70.4 Å². The second-order valence-corrected chi connectivity index (χ2v) is 9.40. The summed E-state index contributed by atoms with van der Waals surface area (Å²) in [4.78, 5) is 25.0. The molecule has 4 aliphatic carbocycles. The lowest BCUT2D eigenvalue weighted by molar-refractivity contribution is -0.158. The molecule has 4 fully saturated rings. The monoisotopic (exact) mass is 415 g/mol. The normalized spacial score (nSPS) is 29.9. The van der Waals surface area contributed by atoms with Gasteiger partial charge in [0.2, 0.25) is 0 Å². The van der Waals surface area contributed by atoms with Gasteiger partial charge in [0.05, 0.1) is 6.61 Å². The maximum atomic E-state index is 12.8. The molecule has 4 saturated carbocycles. The molecule has 0 radical (unpaired) electrons. The Morgan fingerprint density at radius 1 is 1.03 bits per heavy atom. The van der Waals surface area contributed by atoms with Gasteiger partial charge in [-0.3, -0.25) is 4.79 Å². The molecular formula is C24H33NO5. The number of nitrogens with one attached hydrogen (secondary N) is 1. The number of hydrogen-bond acceptors (Lipinski definition) is 5. The molecule has 1 atom stereocenters. The van der Waals surface area contributed by atoms with E-state index in [1.165, 1.54) is 19.3 Å². The molecule has 4 bridgehead atoms. The summed E-state index contributed by atoms with van der Waals surface area (Å²) in [6.45, 7) is 3.97. The molecule has 6 heteroatoms. The SMILES string of the molecule is CCCOc1ccccc1OCC(=O)O[C@@H](C)C(=O)NC12CC3CC(CC(C3)C1)C2. The zero-order valence-electron chi connectivity index (χ0n) is 18.0. The molecule has 1 aromatic carbocycles.